The number of anilines is 1. The molecule has 0 aromatic heterocycles. The first kappa shape index (κ1) is 16.2. The van der Waals surface area contributed by atoms with Gasteiger partial charge in [0.25, 0.3) is 5.91 Å². The van der Waals surface area contributed by atoms with E-state index in [0.29, 0.717) is 6.54 Å². The minimum atomic E-state index is -0.473. The lowest BCUT2D eigenvalue weighted by Gasteiger charge is -2.09. The number of nitriles is 1. The Morgan fingerprint density at radius 3 is 2.52 bits per heavy atom. The third-order valence-corrected chi connectivity index (χ3v) is 3.16. The van der Waals surface area contributed by atoms with Gasteiger partial charge >= 0.3 is 0 Å². The molecule has 116 valence electrons. The summed E-state index contributed by atoms with van der Waals surface area (Å²) in [6.45, 7) is 2.46. The van der Waals surface area contributed by atoms with Crippen molar-refractivity contribution >= 4 is 17.3 Å². The Bertz CT molecular complexity index is 732. The third kappa shape index (κ3) is 4.42. The fraction of sp³-hybridized carbons (Fsp3) is 0.167. The lowest BCUT2D eigenvalue weighted by molar-refractivity contribution is -0.114. The van der Waals surface area contributed by atoms with Gasteiger partial charge in [-0.15, -0.1) is 0 Å². The van der Waals surface area contributed by atoms with E-state index in [9.17, 15) is 4.79 Å². The number of nitrogens with one attached hydrogen (secondary N) is 2. The molecule has 0 atom stereocenters. The lowest BCUT2D eigenvalue weighted by atomic mass is 10.0. The molecular weight excluding hydrogens is 288 g/mol. The van der Waals surface area contributed by atoms with Crippen molar-refractivity contribution in [2.45, 2.75) is 13.3 Å². The van der Waals surface area contributed by atoms with Crippen molar-refractivity contribution in [1.82, 2.24) is 5.32 Å². The topological polar surface area (TPSA) is 77.3 Å². The highest BCUT2D eigenvalue weighted by molar-refractivity contribution is 6.45. The average molecular weight is 306 g/mol. The number of hydrazone groups is 1. The van der Waals surface area contributed by atoms with Crippen molar-refractivity contribution in [1.29, 1.82) is 5.26 Å². The van der Waals surface area contributed by atoms with Crippen LogP contribution in [0.5, 0.6) is 0 Å². The van der Waals surface area contributed by atoms with Crippen LogP contribution in [0.1, 0.15) is 13.3 Å². The molecule has 0 aliphatic carbocycles. The van der Waals surface area contributed by atoms with Crippen LogP contribution in [0.2, 0.25) is 0 Å². The number of nitrogens with zero attached hydrogens (tertiary/aromatic N) is 2. The van der Waals surface area contributed by atoms with Crippen molar-refractivity contribution in [2.75, 3.05) is 12.0 Å². The van der Waals surface area contributed by atoms with E-state index in [-0.39, 0.29) is 5.71 Å². The van der Waals surface area contributed by atoms with Crippen LogP contribution in [0.3, 0.4) is 0 Å². The average Bonchev–Trinajstić information content (AvgIpc) is 2.61. The molecule has 0 radical (unpaired) electrons. The Morgan fingerprint density at radius 2 is 1.83 bits per heavy atom. The van der Waals surface area contributed by atoms with Gasteiger partial charge in [0.1, 0.15) is 6.07 Å². The molecule has 0 unspecified atom stereocenters. The molecule has 0 saturated heterocycles. The van der Waals surface area contributed by atoms with Gasteiger partial charge in [-0.05, 0) is 18.1 Å². The second kappa shape index (κ2) is 8.35. The molecule has 0 spiro atoms. The van der Waals surface area contributed by atoms with Gasteiger partial charge in [-0.1, -0.05) is 55.5 Å². The first-order valence-electron chi connectivity index (χ1n) is 7.42. The van der Waals surface area contributed by atoms with Crippen molar-refractivity contribution < 1.29 is 4.79 Å². The summed E-state index contributed by atoms with van der Waals surface area (Å²) in [4.78, 5) is 11.8. The normalized spacial score (nSPS) is 10.7. The first-order chi connectivity index (χ1) is 11.3. The molecule has 2 aromatic rings. The molecule has 0 aliphatic heterocycles. The molecule has 5 heteroatoms. The predicted octanol–water partition coefficient (Wildman–Crippen LogP) is 3.17. The number of hydrogen-bond donors (Lipinski definition) is 2. The number of benzene rings is 2. The summed E-state index contributed by atoms with van der Waals surface area (Å²) < 4.78 is 0. The second-order valence-corrected chi connectivity index (χ2v) is 4.85. The fourth-order valence-electron chi connectivity index (χ4n) is 2.01. The number of para-hydroxylation sites is 1. The van der Waals surface area contributed by atoms with Crippen LogP contribution in [-0.4, -0.2) is 18.2 Å². The molecule has 2 N–H and O–H groups in total. The summed E-state index contributed by atoms with van der Waals surface area (Å²) in [5.74, 6) is -0.473. The van der Waals surface area contributed by atoms with Crippen molar-refractivity contribution in [2.24, 2.45) is 5.10 Å². The van der Waals surface area contributed by atoms with Gasteiger partial charge in [0, 0.05) is 12.1 Å². The number of amides is 1. The van der Waals surface area contributed by atoms with E-state index in [4.69, 9.17) is 5.26 Å². The zero-order valence-corrected chi connectivity index (χ0v) is 12.9. The molecule has 0 aliphatic rings. The summed E-state index contributed by atoms with van der Waals surface area (Å²) in [5.41, 5.74) is 5.34. The Balaban J connectivity index is 2.22. The van der Waals surface area contributed by atoms with Crippen molar-refractivity contribution in [3.05, 3.63) is 54.6 Å². The summed E-state index contributed by atoms with van der Waals surface area (Å²) in [7, 11) is 0. The van der Waals surface area contributed by atoms with Gasteiger partial charge in [0.05, 0.1) is 5.69 Å². The minimum Gasteiger partial charge on any atom is -0.350 e. The highest BCUT2D eigenvalue weighted by Gasteiger charge is 2.10. The molecule has 1 amide bonds. The van der Waals surface area contributed by atoms with Crippen molar-refractivity contribution in [3.63, 3.8) is 0 Å². The summed E-state index contributed by atoms with van der Waals surface area (Å²) in [6, 6.07) is 19.3. The molecule has 0 heterocycles. The monoisotopic (exact) mass is 306 g/mol. The molecule has 2 rings (SSSR count). The van der Waals surface area contributed by atoms with Crippen LogP contribution >= 0.6 is 0 Å². The lowest BCUT2D eigenvalue weighted by Crippen LogP contribution is -2.31. The molecule has 0 saturated carbocycles. The van der Waals surface area contributed by atoms with Crippen LogP contribution in [0.25, 0.3) is 11.1 Å². The zero-order chi connectivity index (χ0) is 16.5. The van der Waals surface area contributed by atoms with Crippen molar-refractivity contribution in [3.8, 4) is 17.2 Å². The zero-order valence-electron chi connectivity index (χ0n) is 12.9. The van der Waals surface area contributed by atoms with Gasteiger partial charge < -0.3 is 5.32 Å². The first-order valence-corrected chi connectivity index (χ1v) is 7.42. The molecular formula is C18H18N4O. The molecule has 0 bridgehead atoms. The van der Waals surface area contributed by atoms with Crippen LogP contribution < -0.4 is 10.7 Å². The summed E-state index contributed by atoms with van der Waals surface area (Å²) in [6.07, 6.45) is 0.800. The Hall–Kier alpha value is -3.13. The standard InChI is InChI=1S/C18H18N4O/c1-2-12-20-18(23)17(13-19)22-21-16-11-7-6-10-15(16)14-8-4-3-5-9-14/h3-11,21H,2,12H2,1H3,(H,20,23). The van der Waals surface area contributed by atoms with Gasteiger partial charge in [-0.25, -0.2) is 0 Å². The fourth-order valence-corrected chi connectivity index (χ4v) is 2.01. The maximum atomic E-state index is 11.8. The molecule has 2 aromatic carbocycles. The van der Waals surface area contributed by atoms with Gasteiger partial charge in [0.15, 0.2) is 0 Å². The third-order valence-electron chi connectivity index (χ3n) is 3.16. The van der Waals surface area contributed by atoms with E-state index in [1.807, 2.05) is 67.6 Å². The van der Waals surface area contributed by atoms with E-state index in [1.54, 1.807) is 0 Å². The van der Waals surface area contributed by atoms with Crippen LogP contribution in [0.15, 0.2) is 59.7 Å². The number of hydrogen-bond acceptors (Lipinski definition) is 4. The maximum absolute atomic E-state index is 11.8. The van der Waals surface area contributed by atoms with Crippen LogP contribution in [0.4, 0.5) is 5.69 Å². The largest absolute Gasteiger partial charge is 0.350 e. The number of carbonyl (C=O) groups excluding carboxylic acids is 1. The van der Waals surface area contributed by atoms with Crippen LogP contribution in [-0.2, 0) is 4.79 Å². The summed E-state index contributed by atoms with van der Waals surface area (Å²) >= 11 is 0. The maximum Gasteiger partial charge on any atom is 0.282 e. The molecule has 5 nitrogen and oxygen atoms in total. The molecule has 23 heavy (non-hydrogen) atoms. The van der Waals surface area contributed by atoms with E-state index in [1.165, 1.54) is 0 Å². The van der Waals surface area contributed by atoms with E-state index >= 15 is 0 Å². The number of rotatable bonds is 6. The number of carbonyl (C=O) groups is 1. The Labute approximate surface area is 135 Å². The van der Waals surface area contributed by atoms with Gasteiger partial charge in [-0.3, -0.25) is 10.2 Å². The van der Waals surface area contributed by atoms with E-state index < -0.39 is 5.91 Å². The summed E-state index contributed by atoms with van der Waals surface area (Å²) in [5, 5.41) is 15.7. The van der Waals surface area contributed by atoms with Crippen LogP contribution in [0, 0.1) is 11.3 Å². The van der Waals surface area contributed by atoms with Gasteiger partial charge in [-0.2, -0.15) is 10.4 Å². The smallest absolute Gasteiger partial charge is 0.282 e. The van der Waals surface area contributed by atoms with E-state index in [2.05, 4.69) is 15.8 Å². The predicted molar refractivity (Wildman–Crippen MR) is 91.8 cm³/mol. The second-order valence-electron chi connectivity index (χ2n) is 4.85. The highest BCUT2D eigenvalue weighted by atomic mass is 16.1. The minimum absolute atomic E-state index is 0.193. The van der Waals surface area contributed by atoms with Gasteiger partial charge in [0.2, 0.25) is 5.71 Å². The van der Waals surface area contributed by atoms with E-state index in [0.717, 1.165) is 23.2 Å². The quantitative estimate of drug-likeness (QED) is 0.635. The SMILES string of the molecule is CCCNC(=O)C(C#N)=NNc1ccccc1-c1ccccc1. The highest BCUT2D eigenvalue weighted by Crippen LogP contribution is 2.27. The molecule has 0 fully saturated rings. The Kier molecular flexibility index (Phi) is 5.89. The Morgan fingerprint density at radius 1 is 1.13 bits per heavy atom.